The van der Waals surface area contributed by atoms with Crippen molar-refractivity contribution in [3.8, 4) is 11.5 Å². The highest BCUT2D eigenvalue weighted by Crippen LogP contribution is 2.33. The molecule has 1 aliphatic rings. The zero-order valence-electron chi connectivity index (χ0n) is 22.4. The van der Waals surface area contributed by atoms with Crippen LogP contribution < -0.4 is 10.1 Å². The lowest BCUT2D eigenvalue weighted by Gasteiger charge is -2.30. The summed E-state index contributed by atoms with van der Waals surface area (Å²) in [7, 11) is 1.97. The van der Waals surface area contributed by atoms with Crippen LogP contribution in [0.1, 0.15) is 18.4 Å². The molecule has 1 N–H and O–H groups in total. The number of thioether (sulfide) groups is 1. The van der Waals surface area contributed by atoms with Crippen molar-refractivity contribution in [3.63, 3.8) is 0 Å². The summed E-state index contributed by atoms with van der Waals surface area (Å²) in [5.74, 6) is 2.16. The smallest absolute Gasteiger partial charge is 0.245 e. The third kappa shape index (κ3) is 5.35. The quantitative estimate of drug-likeness (QED) is 0.245. The van der Waals surface area contributed by atoms with Crippen LogP contribution in [0.5, 0.6) is 11.5 Å². The van der Waals surface area contributed by atoms with E-state index in [1.54, 1.807) is 24.4 Å². The second-order valence-electron chi connectivity index (χ2n) is 9.80. The van der Waals surface area contributed by atoms with Gasteiger partial charge in [0.1, 0.15) is 23.3 Å². The topological polar surface area (TPSA) is 98.1 Å². The summed E-state index contributed by atoms with van der Waals surface area (Å²) in [6.07, 6.45) is 6.57. The molecule has 0 aliphatic carbocycles. The van der Waals surface area contributed by atoms with Crippen LogP contribution in [0.2, 0.25) is 0 Å². The van der Waals surface area contributed by atoms with E-state index in [-0.39, 0.29) is 5.91 Å². The molecule has 1 aliphatic heterocycles. The van der Waals surface area contributed by atoms with Crippen LogP contribution in [-0.4, -0.2) is 53.6 Å². The second kappa shape index (κ2) is 11.0. The Kier molecular flexibility index (Phi) is 7.08. The molecule has 1 amide bonds. The molecule has 0 spiro atoms. The molecule has 1 saturated heterocycles. The normalized spacial score (nSPS) is 14.0. The molecule has 10 heteroatoms. The number of ether oxygens (including phenoxy) is 1. The van der Waals surface area contributed by atoms with E-state index < -0.39 is 0 Å². The molecule has 0 bridgehead atoms. The van der Waals surface area contributed by atoms with Gasteiger partial charge in [-0.3, -0.25) is 4.79 Å². The summed E-state index contributed by atoms with van der Waals surface area (Å²) in [6, 6.07) is 15.8. The third-order valence-electron chi connectivity index (χ3n) is 7.03. The summed E-state index contributed by atoms with van der Waals surface area (Å²) in [4.78, 5) is 32.0. The fourth-order valence-electron chi connectivity index (χ4n) is 4.86. The van der Waals surface area contributed by atoms with Crippen molar-refractivity contribution < 1.29 is 9.53 Å². The first kappa shape index (κ1) is 25.8. The molecule has 0 radical (unpaired) electrons. The highest BCUT2D eigenvalue weighted by molar-refractivity contribution is 7.99. The molecule has 40 heavy (non-hydrogen) atoms. The van der Waals surface area contributed by atoms with Crippen LogP contribution in [-0.2, 0) is 11.8 Å². The van der Waals surface area contributed by atoms with Crippen LogP contribution in [0.3, 0.4) is 0 Å². The number of piperidine rings is 1. The molecule has 3 aromatic heterocycles. The number of anilines is 2. The standard InChI is InChI=1S/C30H29N7O2S/c1-4-28(38)37-13-11-22(12-14-37)40-27-10-7-23-29(35-27)30(32-17-31-23)34-20-5-9-26(19(2)15-20)39-21-6-8-25-24(16-21)33-18-36(25)3/h4-10,15-18,22H,1,11-14H2,2-3H3,(H,31,32,34). The van der Waals surface area contributed by atoms with Gasteiger partial charge < -0.3 is 19.5 Å². The number of fused-ring (bicyclic) bond motifs is 2. The lowest BCUT2D eigenvalue weighted by atomic mass is 10.1. The number of hydrogen-bond acceptors (Lipinski definition) is 8. The van der Waals surface area contributed by atoms with Gasteiger partial charge in [-0.25, -0.2) is 19.9 Å². The Balaban J connectivity index is 1.17. The maximum absolute atomic E-state index is 11.9. The van der Waals surface area contributed by atoms with Gasteiger partial charge in [-0.2, -0.15) is 0 Å². The number of aromatic nitrogens is 5. The molecule has 202 valence electrons. The second-order valence-corrected chi connectivity index (χ2v) is 11.1. The van der Waals surface area contributed by atoms with Crippen molar-refractivity contribution in [2.45, 2.75) is 30.0 Å². The minimum atomic E-state index is 0.000892. The van der Waals surface area contributed by atoms with Crippen molar-refractivity contribution in [2.24, 2.45) is 7.05 Å². The first-order valence-corrected chi connectivity index (χ1v) is 14.0. The van der Waals surface area contributed by atoms with Gasteiger partial charge in [0.15, 0.2) is 5.82 Å². The molecular formula is C30H29N7O2S. The van der Waals surface area contributed by atoms with Gasteiger partial charge in [-0.1, -0.05) is 6.58 Å². The average Bonchev–Trinajstić information content (AvgIpc) is 3.34. The largest absolute Gasteiger partial charge is 0.457 e. The molecule has 6 rings (SSSR count). The van der Waals surface area contributed by atoms with Gasteiger partial charge in [-0.05, 0) is 73.9 Å². The Hall–Kier alpha value is -4.44. The minimum absolute atomic E-state index is 0.000892. The lowest BCUT2D eigenvalue weighted by molar-refractivity contribution is -0.126. The summed E-state index contributed by atoms with van der Waals surface area (Å²) in [6.45, 7) is 7.08. The zero-order valence-corrected chi connectivity index (χ0v) is 23.2. The van der Waals surface area contributed by atoms with Crippen molar-refractivity contribution in [1.82, 2.24) is 29.4 Å². The van der Waals surface area contributed by atoms with Crippen LogP contribution in [0.15, 0.2) is 78.9 Å². The van der Waals surface area contributed by atoms with Crippen LogP contribution in [0.4, 0.5) is 11.5 Å². The van der Waals surface area contributed by atoms with Crippen molar-refractivity contribution in [1.29, 1.82) is 0 Å². The molecule has 0 unspecified atom stereocenters. The first-order chi connectivity index (χ1) is 19.5. The number of pyridine rings is 1. The molecule has 4 heterocycles. The van der Waals surface area contributed by atoms with Gasteiger partial charge in [0.25, 0.3) is 0 Å². The predicted molar refractivity (Wildman–Crippen MR) is 158 cm³/mol. The monoisotopic (exact) mass is 551 g/mol. The van der Waals surface area contributed by atoms with E-state index >= 15 is 0 Å². The maximum atomic E-state index is 11.9. The van der Waals surface area contributed by atoms with E-state index in [2.05, 4.69) is 26.8 Å². The van der Waals surface area contributed by atoms with Gasteiger partial charge in [0, 0.05) is 37.1 Å². The highest BCUT2D eigenvalue weighted by atomic mass is 32.2. The molecule has 2 aromatic carbocycles. The van der Waals surface area contributed by atoms with Crippen molar-refractivity contribution >= 4 is 51.2 Å². The van der Waals surface area contributed by atoms with Gasteiger partial charge in [-0.15, -0.1) is 11.8 Å². The zero-order chi connectivity index (χ0) is 27.6. The van der Waals surface area contributed by atoms with E-state index in [1.165, 1.54) is 6.08 Å². The molecule has 0 saturated carbocycles. The number of likely N-dealkylation sites (tertiary alicyclic amines) is 1. The molecule has 5 aromatic rings. The number of carbonyl (C=O) groups excluding carboxylic acids is 1. The van der Waals surface area contributed by atoms with E-state index in [1.807, 2.05) is 72.0 Å². The number of nitrogens with zero attached hydrogens (tertiary/aromatic N) is 6. The van der Waals surface area contributed by atoms with E-state index in [0.29, 0.717) is 16.6 Å². The summed E-state index contributed by atoms with van der Waals surface area (Å²) >= 11 is 1.74. The summed E-state index contributed by atoms with van der Waals surface area (Å²) in [5.41, 5.74) is 5.30. The van der Waals surface area contributed by atoms with Gasteiger partial charge >= 0.3 is 0 Å². The average molecular weight is 552 g/mol. The lowest BCUT2D eigenvalue weighted by Crippen LogP contribution is -2.38. The van der Waals surface area contributed by atoms with Crippen molar-refractivity contribution in [3.05, 3.63) is 79.4 Å². The van der Waals surface area contributed by atoms with Crippen LogP contribution in [0.25, 0.3) is 22.1 Å². The van der Waals surface area contributed by atoms with E-state index in [4.69, 9.17) is 9.72 Å². The molecule has 1 fully saturated rings. The molecule has 9 nitrogen and oxygen atoms in total. The van der Waals surface area contributed by atoms with Gasteiger partial charge in [0.2, 0.25) is 5.91 Å². The number of nitrogens with one attached hydrogen (secondary N) is 1. The Bertz CT molecular complexity index is 1730. The molecule has 0 atom stereocenters. The number of hydrogen-bond donors (Lipinski definition) is 1. The number of imidazole rings is 1. The number of amides is 1. The summed E-state index contributed by atoms with van der Waals surface area (Å²) < 4.78 is 8.15. The van der Waals surface area contributed by atoms with E-state index in [0.717, 1.165) is 70.3 Å². The summed E-state index contributed by atoms with van der Waals surface area (Å²) in [5, 5.41) is 4.73. The van der Waals surface area contributed by atoms with Crippen LogP contribution >= 0.6 is 11.8 Å². The maximum Gasteiger partial charge on any atom is 0.245 e. The third-order valence-corrected chi connectivity index (χ3v) is 8.31. The van der Waals surface area contributed by atoms with Crippen LogP contribution in [0, 0.1) is 6.92 Å². The number of carbonyl (C=O) groups is 1. The fraction of sp³-hybridized carbons (Fsp3) is 0.233. The number of aryl methyl sites for hydroxylation is 2. The Morgan fingerprint density at radius 2 is 1.93 bits per heavy atom. The number of rotatable bonds is 7. The van der Waals surface area contributed by atoms with Gasteiger partial charge in [0.05, 0.1) is 27.9 Å². The van der Waals surface area contributed by atoms with E-state index in [9.17, 15) is 4.79 Å². The Labute approximate surface area is 236 Å². The Morgan fingerprint density at radius 1 is 1.07 bits per heavy atom. The van der Waals surface area contributed by atoms with Crippen molar-refractivity contribution in [2.75, 3.05) is 18.4 Å². The molecular weight excluding hydrogens is 522 g/mol. The fourth-order valence-corrected chi connectivity index (χ4v) is 5.94. The minimum Gasteiger partial charge on any atom is -0.457 e. The highest BCUT2D eigenvalue weighted by Gasteiger charge is 2.23. The Morgan fingerprint density at radius 3 is 2.73 bits per heavy atom. The first-order valence-electron chi connectivity index (χ1n) is 13.1. The predicted octanol–water partition coefficient (Wildman–Crippen LogP) is 6.02. The number of benzene rings is 2. The SMILES string of the molecule is C=CC(=O)N1CCC(Sc2ccc3ncnc(Nc4ccc(Oc5ccc6c(c5)ncn6C)c(C)c4)c3n2)CC1.